The third-order valence-corrected chi connectivity index (χ3v) is 5.44. The fourth-order valence-electron chi connectivity index (χ4n) is 3.03. The van der Waals surface area contributed by atoms with Crippen LogP contribution in [0.15, 0.2) is 82.7 Å². The summed E-state index contributed by atoms with van der Waals surface area (Å²) in [5.74, 6) is -0.101. The van der Waals surface area contributed by atoms with Gasteiger partial charge in [0, 0.05) is 5.75 Å². The van der Waals surface area contributed by atoms with Gasteiger partial charge in [-0.15, -0.1) is 0 Å². The van der Waals surface area contributed by atoms with Gasteiger partial charge >= 0.3 is 6.18 Å². The van der Waals surface area contributed by atoms with Crippen LogP contribution in [0.1, 0.15) is 11.1 Å². The smallest absolute Gasteiger partial charge is 0.268 e. The van der Waals surface area contributed by atoms with Gasteiger partial charge in [-0.25, -0.2) is 9.37 Å². The van der Waals surface area contributed by atoms with E-state index in [0.717, 1.165) is 23.9 Å². The summed E-state index contributed by atoms with van der Waals surface area (Å²) in [4.78, 5) is 17.6. The van der Waals surface area contributed by atoms with Crippen molar-refractivity contribution in [3.05, 3.63) is 100 Å². The lowest BCUT2D eigenvalue weighted by molar-refractivity contribution is -0.137. The van der Waals surface area contributed by atoms with E-state index in [1.54, 1.807) is 36.4 Å². The predicted octanol–water partition coefficient (Wildman–Crippen LogP) is 5.84. The first-order valence-electron chi connectivity index (χ1n) is 8.89. The first kappa shape index (κ1) is 20.2. The number of benzene rings is 3. The van der Waals surface area contributed by atoms with Crippen molar-refractivity contribution in [2.45, 2.75) is 17.1 Å². The Bertz CT molecular complexity index is 1280. The van der Waals surface area contributed by atoms with Gasteiger partial charge in [0.2, 0.25) is 0 Å². The van der Waals surface area contributed by atoms with Gasteiger partial charge in [-0.2, -0.15) is 13.2 Å². The number of halogens is 4. The molecular weight excluding hydrogens is 416 g/mol. The molecule has 30 heavy (non-hydrogen) atoms. The molecule has 1 heterocycles. The molecule has 0 spiro atoms. The molecule has 0 fully saturated rings. The Kier molecular flexibility index (Phi) is 5.34. The zero-order valence-electron chi connectivity index (χ0n) is 15.4. The fraction of sp³-hybridized carbons (Fsp3) is 0.0909. The van der Waals surface area contributed by atoms with Crippen molar-refractivity contribution in [2.24, 2.45) is 0 Å². The quantitative estimate of drug-likeness (QED) is 0.232. The van der Waals surface area contributed by atoms with Crippen LogP contribution in [-0.4, -0.2) is 9.55 Å². The number of thioether (sulfide) groups is 1. The Hall–Kier alpha value is -3.13. The van der Waals surface area contributed by atoms with E-state index in [4.69, 9.17) is 0 Å². The topological polar surface area (TPSA) is 34.9 Å². The van der Waals surface area contributed by atoms with Gasteiger partial charge in [-0.05, 0) is 48.0 Å². The lowest BCUT2D eigenvalue weighted by atomic mass is 10.2. The maximum absolute atomic E-state index is 13.5. The standard InChI is InChI=1S/C22H14F4N2OS/c23-16-7-3-5-14(11-16)13-30-21-27-19-10-2-1-9-18(19)20(29)28(21)17-8-4-6-15(12-17)22(24,25)26/h1-12H,13H2. The second-order valence-corrected chi connectivity index (χ2v) is 7.46. The molecule has 0 radical (unpaired) electrons. The molecular formula is C22H14F4N2OS. The van der Waals surface area contributed by atoms with Crippen LogP contribution in [0.4, 0.5) is 17.6 Å². The molecule has 3 aromatic carbocycles. The molecule has 0 saturated heterocycles. The number of rotatable bonds is 4. The zero-order valence-corrected chi connectivity index (χ0v) is 16.2. The molecule has 0 aliphatic carbocycles. The maximum atomic E-state index is 13.5. The highest BCUT2D eigenvalue weighted by Gasteiger charge is 2.30. The molecule has 4 rings (SSSR count). The predicted molar refractivity (Wildman–Crippen MR) is 108 cm³/mol. The van der Waals surface area contributed by atoms with Crippen molar-refractivity contribution in [1.29, 1.82) is 0 Å². The lowest BCUT2D eigenvalue weighted by Gasteiger charge is -2.15. The van der Waals surface area contributed by atoms with Crippen molar-refractivity contribution in [2.75, 3.05) is 0 Å². The summed E-state index contributed by atoms with van der Waals surface area (Å²) in [5, 5.41) is 0.521. The van der Waals surface area contributed by atoms with Crippen LogP contribution in [-0.2, 0) is 11.9 Å². The summed E-state index contributed by atoms with van der Waals surface area (Å²) in [6.07, 6.45) is -4.54. The first-order chi connectivity index (χ1) is 14.3. The molecule has 3 nitrogen and oxygen atoms in total. The molecule has 1 aromatic heterocycles. The van der Waals surface area contributed by atoms with Crippen LogP contribution in [0, 0.1) is 5.82 Å². The van der Waals surface area contributed by atoms with E-state index in [0.29, 0.717) is 22.2 Å². The van der Waals surface area contributed by atoms with Crippen molar-refractivity contribution in [1.82, 2.24) is 9.55 Å². The number of para-hydroxylation sites is 1. The van der Waals surface area contributed by atoms with E-state index in [1.807, 2.05) is 0 Å². The Labute approximate surface area is 173 Å². The second-order valence-electron chi connectivity index (χ2n) is 6.52. The summed E-state index contributed by atoms with van der Waals surface area (Å²) in [6.45, 7) is 0. The summed E-state index contributed by atoms with van der Waals surface area (Å²) in [7, 11) is 0. The molecule has 0 saturated carbocycles. The number of fused-ring (bicyclic) bond motifs is 1. The minimum absolute atomic E-state index is 0.0646. The van der Waals surface area contributed by atoms with Gasteiger partial charge in [0.05, 0.1) is 22.2 Å². The number of hydrogen-bond donors (Lipinski definition) is 0. The molecule has 8 heteroatoms. The zero-order chi connectivity index (χ0) is 21.3. The molecule has 0 aliphatic heterocycles. The summed E-state index contributed by atoms with van der Waals surface area (Å²) >= 11 is 1.15. The lowest BCUT2D eigenvalue weighted by Crippen LogP contribution is -2.22. The average molecular weight is 430 g/mol. The number of hydrogen-bond acceptors (Lipinski definition) is 3. The van der Waals surface area contributed by atoms with Crippen molar-refractivity contribution < 1.29 is 17.6 Å². The second kappa shape index (κ2) is 7.95. The van der Waals surface area contributed by atoms with E-state index >= 15 is 0 Å². The van der Waals surface area contributed by atoms with Crippen molar-refractivity contribution in [3.63, 3.8) is 0 Å². The van der Waals surface area contributed by atoms with Crippen molar-refractivity contribution in [3.8, 4) is 5.69 Å². The summed E-state index contributed by atoms with van der Waals surface area (Å²) < 4.78 is 54.3. The normalized spacial score (nSPS) is 11.7. The van der Waals surface area contributed by atoms with Crippen LogP contribution in [0.25, 0.3) is 16.6 Å². The monoisotopic (exact) mass is 430 g/mol. The van der Waals surface area contributed by atoms with Crippen LogP contribution < -0.4 is 5.56 Å². The van der Waals surface area contributed by atoms with Gasteiger partial charge in [-0.3, -0.25) is 9.36 Å². The fourth-order valence-corrected chi connectivity index (χ4v) is 3.99. The van der Waals surface area contributed by atoms with Crippen LogP contribution in [0.2, 0.25) is 0 Å². The molecule has 0 atom stereocenters. The average Bonchev–Trinajstić information content (AvgIpc) is 2.72. The highest BCUT2D eigenvalue weighted by molar-refractivity contribution is 7.98. The minimum Gasteiger partial charge on any atom is -0.268 e. The van der Waals surface area contributed by atoms with Gasteiger partial charge < -0.3 is 0 Å². The number of nitrogens with zero attached hydrogens (tertiary/aromatic N) is 2. The minimum atomic E-state index is -4.54. The van der Waals surface area contributed by atoms with Crippen molar-refractivity contribution >= 4 is 22.7 Å². The highest BCUT2D eigenvalue weighted by atomic mass is 32.2. The molecule has 0 bridgehead atoms. The summed E-state index contributed by atoms with van der Waals surface area (Å²) in [6, 6.07) is 17.2. The third kappa shape index (κ3) is 4.09. The van der Waals surface area contributed by atoms with Gasteiger partial charge in [-0.1, -0.05) is 42.1 Å². The number of aromatic nitrogens is 2. The van der Waals surface area contributed by atoms with Gasteiger partial charge in [0.1, 0.15) is 5.82 Å². The first-order valence-corrected chi connectivity index (χ1v) is 9.88. The molecule has 0 amide bonds. The Balaban J connectivity index is 1.86. The molecule has 0 unspecified atom stereocenters. The molecule has 4 aromatic rings. The van der Waals surface area contributed by atoms with Gasteiger partial charge in [0.15, 0.2) is 5.16 Å². The number of alkyl halides is 3. The van der Waals surface area contributed by atoms with Crippen LogP contribution in [0.5, 0.6) is 0 Å². The third-order valence-electron chi connectivity index (χ3n) is 4.43. The van der Waals surface area contributed by atoms with E-state index in [1.165, 1.54) is 28.8 Å². The highest BCUT2D eigenvalue weighted by Crippen LogP contribution is 2.31. The molecule has 152 valence electrons. The Morgan fingerprint density at radius 1 is 0.933 bits per heavy atom. The van der Waals surface area contributed by atoms with Crippen LogP contribution in [0.3, 0.4) is 0 Å². The molecule has 0 N–H and O–H groups in total. The largest absolute Gasteiger partial charge is 0.416 e. The SMILES string of the molecule is O=c1c2ccccc2nc(SCc2cccc(F)c2)n1-c1cccc(C(F)(F)F)c1. The van der Waals surface area contributed by atoms with E-state index in [9.17, 15) is 22.4 Å². The van der Waals surface area contributed by atoms with Gasteiger partial charge in [0.25, 0.3) is 5.56 Å². The molecule has 0 aliphatic rings. The van der Waals surface area contributed by atoms with E-state index in [-0.39, 0.29) is 10.8 Å². The summed E-state index contributed by atoms with van der Waals surface area (Å²) in [5.41, 5.74) is -0.164. The van der Waals surface area contributed by atoms with E-state index in [2.05, 4.69) is 4.98 Å². The Morgan fingerprint density at radius 3 is 2.47 bits per heavy atom. The Morgan fingerprint density at radius 2 is 1.70 bits per heavy atom. The van der Waals surface area contributed by atoms with E-state index < -0.39 is 23.1 Å². The van der Waals surface area contributed by atoms with Crippen LogP contribution >= 0.6 is 11.8 Å². The maximum Gasteiger partial charge on any atom is 0.416 e.